The Balaban J connectivity index is 0.000000329. The second-order valence-corrected chi connectivity index (χ2v) is 19.2. The number of hydrogen-bond donors (Lipinski definition) is 2. The number of hydrogen-bond acceptors (Lipinski definition) is 16. The monoisotopic (exact) mass is 924 g/mol. The van der Waals surface area contributed by atoms with Crippen molar-refractivity contribution in [2.45, 2.75) is 78.4 Å². The number of ether oxygens (including phenoxy) is 4. The molecule has 0 aliphatic carbocycles. The highest BCUT2D eigenvalue weighted by molar-refractivity contribution is 8.15. The van der Waals surface area contributed by atoms with Crippen LogP contribution in [0.15, 0.2) is 82.4 Å². The van der Waals surface area contributed by atoms with Crippen molar-refractivity contribution in [3.63, 3.8) is 0 Å². The van der Waals surface area contributed by atoms with Crippen molar-refractivity contribution in [1.29, 1.82) is 0 Å². The van der Waals surface area contributed by atoms with E-state index < -0.39 is 61.1 Å². The van der Waals surface area contributed by atoms with Gasteiger partial charge in [-0.05, 0) is 70.5 Å². The van der Waals surface area contributed by atoms with Crippen molar-refractivity contribution in [2.24, 2.45) is 4.99 Å². The van der Waals surface area contributed by atoms with Gasteiger partial charge in [0.25, 0.3) is 10.1 Å². The van der Waals surface area contributed by atoms with Crippen molar-refractivity contribution in [3.8, 4) is 0 Å². The number of aliphatic hydroxyl groups excluding tert-OH is 1. The van der Waals surface area contributed by atoms with Crippen LogP contribution in [-0.4, -0.2) is 79.8 Å². The van der Waals surface area contributed by atoms with Gasteiger partial charge in [0.15, 0.2) is 0 Å². The molecule has 0 atom stereocenters. The first kappa shape index (κ1) is 51.2. The summed E-state index contributed by atoms with van der Waals surface area (Å²) in [6, 6.07) is 18.6. The minimum absolute atomic E-state index is 0.0772. The quantitative estimate of drug-likeness (QED) is 0.117. The van der Waals surface area contributed by atoms with Gasteiger partial charge in [0.1, 0.15) is 45.8 Å². The summed E-state index contributed by atoms with van der Waals surface area (Å²) in [5.41, 5.74) is -4.27. The molecule has 2 amide bonds. The minimum atomic E-state index is -6.04. The predicted molar refractivity (Wildman–Crippen MR) is 217 cm³/mol. The topological polar surface area (TPSA) is 227 Å². The maximum absolute atomic E-state index is 12.3. The lowest BCUT2D eigenvalue weighted by atomic mass is 10.1. The molecule has 2 N–H and O–H groups in total. The molecule has 330 valence electrons. The van der Waals surface area contributed by atoms with Gasteiger partial charge in [-0.3, -0.25) is 5.32 Å². The smallest absolute Gasteiger partial charge is 0.510 e. The van der Waals surface area contributed by atoms with E-state index in [1.807, 2.05) is 60.7 Å². The summed E-state index contributed by atoms with van der Waals surface area (Å²) < 4.78 is 97.7. The first-order valence-electron chi connectivity index (χ1n) is 17.1. The highest BCUT2D eigenvalue weighted by Crippen LogP contribution is 2.31. The number of amides is 2. The van der Waals surface area contributed by atoms with Gasteiger partial charge < -0.3 is 24.1 Å². The summed E-state index contributed by atoms with van der Waals surface area (Å²) in [5, 5.41) is 14.8. The van der Waals surface area contributed by atoms with E-state index in [0.717, 1.165) is 28.5 Å². The van der Waals surface area contributed by atoms with Crippen LogP contribution in [0.25, 0.3) is 0 Å². The van der Waals surface area contributed by atoms with Gasteiger partial charge in [0.2, 0.25) is 0 Å². The molecule has 0 fully saturated rings. The lowest BCUT2D eigenvalue weighted by molar-refractivity contribution is -0.149. The van der Waals surface area contributed by atoms with E-state index in [1.165, 1.54) is 11.3 Å². The lowest BCUT2D eigenvalue weighted by Crippen LogP contribution is -2.27. The molecule has 0 bridgehead atoms. The second kappa shape index (κ2) is 21.5. The highest BCUT2D eigenvalue weighted by Gasteiger charge is 2.49. The first-order valence-corrected chi connectivity index (χ1v) is 22.2. The predicted octanol–water partition coefficient (Wildman–Crippen LogP) is 8.20. The number of carbonyl (C=O) groups excluding carboxylic acids is 4. The molecular weight excluding hydrogens is 882 g/mol. The zero-order valence-corrected chi connectivity index (χ0v) is 36.7. The standard InChI is InChI=1S/C18H21NO4S.C17H19NO5S.C2H3F3O5S2/c1-12-11-24-15(14(12)16(20)23-18(2,3)4)19-17(21)22-10-13-8-6-5-7-9-13;1-17(2,3)23-15(20)13-12(19)10-24-14(13)18-16(21)22-9-11-7-5-4-6-8-11;1-11(6,7)10-12(8,9)2(3,4)5/h5-9,11H,10H2,1-4H3,(H,19,21);4-8,19H,9-10H2,1-3H3;1H3. The van der Waals surface area contributed by atoms with Crippen LogP contribution in [-0.2, 0) is 60.8 Å². The maximum atomic E-state index is 12.3. The summed E-state index contributed by atoms with van der Waals surface area (Å²) in [7, 11) is -10.7. The number of halogens is 3. The van der Waals surface area contributed by atoms with Crippen LogP contribution in [0.5, 0.6) is 0 Å². The third-order valence-corrected chi connectivity index (χ3v) is 10.6. The fourth-order valence-corrected chi connectivity index (χ4v) is 7.46. The van der Waals surface area contributed by atoms with Crippen molar-refractivity contribution < 1.29 is 76.9 Å². The molecule has 23 heteroatoms. The van der Waals surface area contributed by atoms with Gasteiger partial charge in [-0.1, -0.05) is 72.4 Å². The Labute approximate surface area is 353 Å². The van der Waals surface area contributed by atoms with Gasteiger partial charge in [-0.25, -0.2) is 19.2 Å². The van der Waals surface area contributed by atoms with Crippen LogP contribution in [0.3, 0.4) is 0 Å². The van der Waals surface area contributed by atoms with Gasteiger partial charge in [0, 0.05) is 0 Å². The van der Waals surface area contributed by atoms with Gasteiger partial charge in [0.05, 0.1) is 17.6 Å². The number of benzene rings is 2. The molecule has 1 aromatic heterocycles. The number of thioether (sulfide) groups is 1. The average Bonchev–Trinajstić information content (AvgIpc) is 3.65. The molecule has 0 unspecified atom stereocenters. The Morgan fingerprint density at radius 1 is 0.800 bits per heavy atom. The summed E-state index contributed by atoms with van der Waals surface area (Å²) in [4.78, 5) is 52.1. The van der Waals surface area contributed by atoms with Crippen LogP contribution in [0.1, 0.15) is 68.6 Å². The maximum Gasteiger partial charge on any atom is 0.524 e. The van der Waals surface area contributed by atoms with E-state index in [-0.39, 0.29) is 41.6 Å². The fraction of sp³-hybridized carbons (Fsp3) is 0.378. The molecule has 3 aromatic rings. The second-order valence-electron chi connectivity index (χ2n) is 14.1. The number of anilines is 1. The third kappa shape index (κ3) is 18.5. The summed E-state index contributed by atoms with van der Waals surface area (Å²) in [5.74, 6) is -1.15. The SMILES string of the molecule is CC(C)(C)OC(=O)C1=C(O)CSC1=NC(=O)OCc1ccccc1.CS(=O)(=O)OS(=O)(=O)C(F)(F)F.Cc1csc(NC(=O)OCc2ccccc2)c1C(=O)OC(C)(C)C. The largest absolute Gasteiger partial charge is 0.524 e. The summed E-state index contributed by atoms with van der Waals surface area (Å²) in [6.07, 6.45) is -1.24. The van der Waals surface area contributed by atoms with Crippen LogP contribution in [0.4, 0.5) is 27.8 Å². The lowest BCUT2D eigenvalue weighted by Gasteiger charge is -2.20. The third-order valence-electron chi connectivity index (χ3n) is 6.35. The average molecular weight is 925 g/mol. The molecule has 0 radical (unpaired) electrons. The summed E-state index contributed by atoms with van der Waals surface area (Å²) in [6.45, 7) is 12.6. The molecule has 4 rings (SSSR count). The van der Waals surface area contributed by atoms with E-state index in [4.69, 9.17) is 18.9 Å². The van der Waals surface area contributed by atoms with Crippen LogP contribution in [0, 0.1) is 6.92 Å². The molecule has 0 saturated heterocycles. The highest BCUT2D eigenvalue weighted by atomic mass is 32.3. The number of aryl methyl sites for hydroxylation is 1. The number of nitrogens with zero attached hydrogens (tertiary/aromatic N) is 1. The number of thiophene rings is 1. The van der Waals surface area contributed by atoms with E-state index >= 15 is 0 Å². The Bertz CT molecular complexity index is 2260. The van der Waals surface area contributed by atoms with E-state index in [1.54, 1.807) is 53.8 Å². The van der Waals surface area contributed by atoms with Crippen LogP contribution < -0.4 is 5.32 Å². The molecule has 1 aliphatic heterocycles. The Morgan fingerprint density at radius 3 is 1.73 bits per heavy atom. The molecule has 1 aliphatic rings. The van der Waals surface area contributed by atoms with Gasteiger partial charge >= 0.3 is 39.8 Å². The number of aliphatic hydroxyl groups is 1. The summed E-state index contributed by atoms with van der Waals surface area (Å²) >= 11 is 2.35. The van der Waals surface area contributed by atoms with Gasteiger partial charge in [-0.2, -0.15) is 35.0 Å². The van der Waals surface area contributed by atoms with Crippen LogP contribution >= 0.6 is 23.1 Å². The normalized spacial score (nSPS) is 13.9. The number of rotatable bonds is 9. The number of aliphatic imine (C=N–C) groups is 1. The van der Waals surface area contributed by atoms with E-state index in [9.17, 15) is 54.3 Å². The zero-order valence-electron chi connectivity index (χ0n) is 33.4. The fourth-order valence-electron chi connectivity index (χ4n) is 4.03. The molecule has 60 heavy (non-hydrogen) atoms. The molecule has 16 nitrogen and oxygen atoms in total. The van der Waals surface area contributed by atoms with Crippen molar-refractivity contribution in [2.75, 3.05) is 17.3 Å². The molecular formula is C37H43F3N2O14S4. The van der Waals surface area contributed by atoms with Gasteiger partial charge in [-0.15, -0.1) is 15.0 Å². The molecule has 0 saturated carbocycles. The number of carbonyl (C=O) groups is 4. The molecule has 2 heterocycles. The molecule has 2 aromatic carbocycles. The van der Waals surface area contributed by atoms with Crippen molar-refractivity contribution >= 4 is 77.5 Å². The molecule has 0 spiro atoms. The van der Waals surface area contributed by atoms with Crippen molar-refractivity contribution in [1.82, 2.24) is 0 Å². The Hall–Kier alpha value is -4.97. The minimum Gasteiger partial charge on any atom is -0.510 e. The van der Waals surface area contributed by atoms with Crippen LogP contribution in [0.2, 0.25) is 0 Å². The zero-order chi connectivity index (χ0) is 45.7. The number of esters is 2. The Morgan fingerprint density at radius 2 is 1.28 bits per heavy atom. The van der Waals surface area contributed by atoms with Crippen molar-refractivity contribution in [3.05, 3.63) is 99.6 Å². The van der Waals surface area contributed by atoms with E-state index in [2.05, 4.69) is 13.9 Å². The number of alkyl halides is 3. The van der Waals surface area contributed by atoms with E-state index in [0.29, 0.717) is 10.6 Å². The first-order chi connectivity index (χ1) is 27.5. The Kier molecular flexibility index (Phi) is 18.4. The number of nitrogens with one attached hydrogen (secondary N) is 1.